The highest BCUT2D eigenvalue weighted by Crippen LogP contribution is 2.32. The Kier molecular flexibility index (Phi) is 7.53. The number of benzene rings is 3. The lowest BCUT2D eigenvalue weighted by Crippen LogP contribution is -2.47. The summed E-state index contributed by atoms with van der Waals surface area (Å²) in [6.07, 6.45) is 5.00. The molecule has 1 saturated carbocycles. The van der Waals surface area contributed by atoms with Crippen molar-refractivity contribution >= 4 is 22.8 Å². The van der Waals surface area contributed by atoms with Crippen LogP contribution in [-0.4, -0.2) is 48.0 Å². The maximum atomic E-state index is 14.0. The van der Waals surface area contributed by atoms with Crippen LogP contribution in [0.4, 0.5) is 0 Å². The van der Waals surface area contributed by atoms with Crippen molar-refractivity contribution in [3.63, 3.8) is 0 Å². The number of hydrogen-bond donors (Lipinski definition) is 3. The second kappa shape index (κ2) is 11.3. The van der Waals surface area contributed by atoms with Crippen LogP contribution in [0.2, 0.25) is 0 Å². The largest absolute Gasteiger partial charge is 0.504 e. The van der Waals surface area contributed by atoms with Crippen LogP contribution >= 0.6 is 0 Å². The molecule has 3 N–H and O–H groups in total. The van der Waals surface area contributed by atoms with Gasteiger partial charge in [0.2, 0.25) is 11.8 Å². The zero-order chi connectivity index (χ0) is 26.5. The number of phenols is 2. The van der Waals surface area contributed by atoms with Crippen molar-refractivity contribution in [2.75, 3.05) is 0 Å². The van der Waals surface area contributed by atoms with Crippen molar-refractivity contribution < 1.29 is 19.8 Å². The molecule has 1 fully saturated rings. The first kappa shape index (κ1) is 25.3. The second-order valence-corrected chi connectivity index (χ2v) is 9.74. The Morgan fingerprint density at radius 2 is 1.68 bits per heavy atom. The van der Waals surface area contributed by atoms with Crippen molar-refractivity contribution in [1.82, 2.24) is 25.2 Å². The number of phenolic OH excluding ortho intramolecular Hbond substituents is 2. The fourth-order valence-corrected chi connectivity index (χ4v) is 5.07. The first-order chi connectivity index (χ1) is 18.5. The molecule has 0 saturated heterocycles. The van der Waals surface area contributed by atoms with E-state index >= 15 is 0 Å². The summed E-state index contributed by atoms with van der Waals surface area (Å²) in [7, 11) is 0. The normalized spacial score (nSPS) is 14.7. The van der Waals surface area contributed by atoms with Gasteiger partial charge in [0.05, 0.1) is 5.52 Å². The van der Waals surface area contributed by atoms with Gasteiger partial charge in [0.1, 0.15) is 18.1 Å². The molecule has 9 heteroatoms. The summed E-state index contributed by atoms with van der Waals surface area (Å²) < 4.78 is 1.53. The van der Waals surface area contributed by atoms with Crippen molar-refractivity contribution in [2.45, 2.75) is 57.3 Å². The average molecular weight is 514 g/mol. The molecule has 1 unspecified atom stereocenters. The molecule has 2 amide bonds. The molecule has 38 heavy (non-hydrogen) atoms. The van der Waals surface area contributed by atoms with Gasteiger partial charge in [0, 0.05) is 12.6 Å². The quantitative estimate of drug-likeness (QED) is 0.306. The van der Waals surface area contributed by atoms with Crippen LogP contribution in [-0.2, 0) is 22.7 Å². The maximum Gasteiger partial charge on any atom is 0.247 e. The van der Waals surface area contributed by atoms with Gasteiger partial charge in [-0.25, -0.2) is 4.68 Å². The number of nitrogens with zero attached hydrogens (tertiary/aromatic N) is 4. The fraction of sp³-hybridized carbons (Fsp3) is 0.310. The van der Waals surface area contributed by atoms with Gasteiger partial charge in [-0.1, -0.05) is 73.0 Å². The number of rotatable bonds is 8. The Morgan fingerprint density at radius 3 is 2.45 bits per heavy atom. The van der Waals surface area contributed by atoms with Crippen molar-refractivity contribution in [3.8, 4) is 11.5 Å². The van der Waals surface area contributed by atoms with E-state index in [0.29, 0.717) is 16.6 Å². The van der Waals surface area contributed by atoms with Crippen LogP contribution in [0.15, 0.2) is 72.8 Å². The van der Waals surface area contributed by atoms with Crippen LogP contribution in [0, 0.1) is 0 Å². The highest BCUT2D eigenvalue weighted by molar-refractivity contribution is 5.89. The number of aromatic hydroxyl groups is 2. The summed E-state index contributed by atoms with van der Waals surface area (Å²) in [5.41, 5.74) is 2.64. The Morgan fingerprint density at radius 1 is 0.947 bits per heavy atom. The predicted molar refractivity (Wildman–Crippen MR) is 142 cm³/mol. The minimum atomic E-state index is -1.04. The highest BCUT2D eigenvalue weighted by atomic mass is 16.3. The predicted octanol–water partition coefficient (Wildman–Crippen LogP) is 4.06. The van der Waals surface area contributed by atoms with E-state index in [1.54, 1.807) is 6.07 Å². The highest BCUT2D eigenvalue weighted by Gasteiger charge is 2.34. The summed E-state index contributed by atoms with van der Waals surface area (Å²) in [6.45, 7) is 0.0430. The molecule has 0 radical (unpaired) electrons. The van der Waals surface area contributed by atoms with E-state index in [4.69, 9.17) is 0 Å². The summed E-state index contributed by atoms with van der Waals surface area (Å²) in [5.74, 6) is -1.31. The van der Waals surface area contributed by atoms with Crippen molar-refractivity contribution in [2.24, 2.45) is 0 Å². The molecule has 9 nitrogen and oxygen atoms in total. The molecule has 1 aromatic heterocycles. The first-order valence-electron chi connectivity index (χ1n) is 12.9. The zero-order valence-corrected chi connectivity index (χ0v) is 21.0. The minimum absolute atomic E-state index is 0.0254. The first-order valence-corrected chi connectivity index (χ1v) is 12.9. The number of hydrogen-bond acceptors (Lipinski definition) is 6. The lowest BCUT2D eigenvalue weighted by Gasteiger charge is -2.33. The summed E-state index contributed by atoms with van der Waals surface area (Å²) in [6, 6.07) is 20.1. The molecule has 0 aliphatic heterocycles. The van der Waals surface area contributed by atoms with Crippen LogP contribution in [0.5, 0.6) is 11.5 Å². The molecule has 0 bridgehead atoms. The number of carbonyl (C=O) groups excluding carboxylic acids is 2. The van der Waals surface area contributed by atoms with E-state index in [0.717, 1.165) is 37.7 Å². The Hall–Kier alpha value is -4.40. The van der Waals surface area contributed by atoms with Crippen LogP contribution < -0.4 is 5.32 Å². The molecular weight excluding hydrogens is 482 g/mol. The maximum absolute atomic E-state index is 14.0. The van der Waals surface area contributed by atoms with Gasteiger partial charge in [0.25, 0.3) is 0 Å². The smallest absolute Gasteiger partial charge is 0.247 e. The van der Waals surface area contributed by atoms with E-state index in [1.807, 2.05) is 54.6 Å². The third kappa shape index (κ3) is 5.61. The van der Waals surface area contributed by atoms with E-state index in [9.17, 15) is 19.8 Å². The van der Waals surface area contributed by atoms with Crippen LogP contribution in [0.25, 0.3) is 11.0 Å². The Labute approximate surface area is 220 Å². The van der Waals surface area contributed by atoms with Gasteiger partial charge < -0.3 is 20.4 Å². The molecule has 196 valence electrons. The lowest BCUT2D eigenvalue weighted by atomic mass is 9.94. The Bertz CT molecular complexity index is 1420. The van der Waals surface area contributed by atoms with Gasteiger partial charge in [-0.3, -0.25) is 9.59 Å². The van der Waals surface area contributed by atoms with Crippen molar-refractivity contribution in [3.05, 3.63) is 83.9 Å². The van der Waals surface area contributed by atoms with Crippen molar-refractivity contribution in [1.29, 1.82) is 0 Å². The van der Waals surface area contributed by atoms with E-state index in [2.05, 4.69) is 15.6 Å². The molecule has 4 aromatic rings. The number of nitrogens with one attached hydrogen (secondary N) is 1. The lowest BCUT2D eigenvalue weighted by molar-refractivity contribution is -0.142. The number of aromatic nitrogens is 3. The average Bonchev–Trinajstić information content (AvgIpc) is 3.34. The molecule has 3 aromatic carbocycles. The third-order valence-electron chi connectivity index (χ3n) is 7.05. The molecule has 1 aliphatic carbocycles. The van der Waals surface area contributed by atoms with Gasteiger partial charge in [-0.2, -0.15) is 0 Å². The van der Waals surface area contributed by atoms with Gasteiger partial charge >= 0.3 is 0 Å². The third-order valence-corrected chi connectivity index (χ3v) is 7.05. The molecule has 1 aliphatic rings. The van der Waals surface area contributed by atoms with E-state index in [-0.39, 0.29) is 42.4 Å². The van der Waals surface area contributed by atoms with Gasteiger partial charge in [0.15, 0.2) is 11.5 Å². The number of fused-ring (bicyclic) bond motifs is 1. The molecule has 1 heterocycles. The topological polar surface area (TPSA) is 121 Å². The zero-order valence-electron chi connectivity index (χ0n) is 21.0. The minimum Gasteiger partial charge on any atom is -0.504 e. The van der Waals surface area contributed by atoms with Gasteiger partial charge in [-0.05, 0) is 48.2 Å². The van der Waals surface area contributed by atoms with Gasteiger partial charge in [-0.15, -0.1) is 5.10 Å². The second-order valence-electron chi connectivity index (χ2n) is 9.74. The summed E-state index contributed by atoms with van der Waals surface area (Å²) in [4.78, 5) is 29.4. The summed E-state index contributed by atoms with van der Waals surface area (Å²) >= 11 is 0. The molecule has 0 spiro atoms. The van der Waals surface area contributed by atoms with E-state index < -0.39 is 6.04 Å². The van der Waals surface area contributed by atoms with Crippen LogP contribution in [0.1, 0.15) is 49.3 Å². The SMILES string of the molecule is O=C(NC1CCCCC1)C(c1ccc(O)c(O)c1)N(Cc1ccccc1)C(=O)Cn1nnc2ccccc21. The number of carbonyl (C=O) groups is 2. The molecule has 5 rings (SSSR count). The standard InChI is InChI=1S/C29H31N5O4/c35-25-16-15-21(17-26(25)36)28(29(38)30-22-11-5-2-6-12-22)33(18-20-9-3-1-4-10-20)27(37)19-34-24-14-8-7-13-23(24)31-32-34/h1,3-4,7-10,13-17,22,28,35-36H,2,5-6,11-12,18-19H2,(H,30,38). The monoisotopic (exact) mass is 513 g/mol. The number of amides is 2. The fourth-order valence-electron chi connectivity index (χ4n) is 5.07. The van der Waals surface area contributed by atoms with E-state index in [1.165, 1.54) is 21.7 Å². The molecule has 1 atom stereocenters. The van der Waals surface area contributed by atoms with Crippen LogP contribution in [0.3, 0.4) is 0 Å². The number of para-hydroxylation sites is 1. The summed E-state index contributed by atoms with van der Waals surface area (Å²) in [5, 5.41) is 31.7. The molecular formula is C29H31N5O4. The Balaban J connectivity index is 1.53.